The molecule has 31 heavy (non-hydrogen) atoms. The van der Waals surface area contributed by atoms with Gasteiger partial charge in [-0.25, -0.2) is 0 Å². The van der Waals surface area contributed by atoms with Crippen LogP contribution in [-0.2, 0) is 9.53 Å². The van der Waals surface area contributed by atoms with E-state index in [0.29, 0.717) is 13.2 Å². The van der Waals surface area contributed by atoms with Crippen LogP contribution in [-0.4, -0.2) is 33.3 Å². The number of benzene rings is 2. The van der Waals surface area contributed by atoms with Gasteiger partial charge in [-0.3, -0.25) is 4.79 Å². The van der Waals surface area contributed by atoms with Crippen molar-refractivity contribution in [2.24, 2.45) is 0 Å². The lowest BCUT2D eigenvalue weighted by Crippen LogP contribution is -2.23. The average molecular weight is 422 g/mol. The smallest absolute Gasteiger partial charge is 0.244 e. The normalized spacial score (nSPS) is 11.7. The summed E-state index contributed by atoms with van der Waals surface area (Å²) in [5.74, 6) is 0.588. The molecular weight excluding hydrogens is 390 g/mol. The van der Waals surface area contributed by atoms with E-state index in [9.17, 15) is 4.79 Å². The molecule has 0 saturated heterocycles. The summed E-state index contributed by atoms with van der Waals surface area (Å²) in [6.45, 7) is 9.30. The Kier molecular flexibility index (Phi) is 7.18. The summed E-state index contributed by atoms with van der Waals surface area (Å²) in [5, 5.41) is 3.91. The van der Waals surface area contributed by atoms with Crippen molar-refractivity contribution < 1.29 is 18.7 Å². The van der Waals surface area contributed by atoms with Gasteiger partial charge in [-0.2, -0.15) is 0 Å². The lowest BCUT2D eigenvalue weighted by Gasteiger charge is -2.14. The molecule has 0 bridgehead atoms. The summed E-state index contributed by atoms with van der Waals surface area (Å²) in [6.07, 6.45) is 4.20. The maximum Gasteiger partial charge on any atom is 0.244 e. The van der Waals surface area contributed by atoms with Gasteiger partial charge in [0.05, 0.1) is 13.4 Å². The Morgan fingerprint density at radius 3 is 2.58 bits per heavy atom. The number of furan rings is 1. The molecule has 3 rings (SSSR count). The lowest BCUT2D eigenvalue weighted by molar-refractivity contribution is -0.116. The molecule has 0 spiro atoms. The Hall–Kier alpha value is -3.05. The first-order chi connectivity index (χ1) is 14.9. The molecule has 0 saturated carbocycles. The van der Waals surface area contributed by atoms with Gasteiger partial charge in [0.15, 0.2) is 0 Å². The molecule has 0 fully saturated rings. The highest BCUT2D eigenvalue weighted by molar-refractivity contribution is 6.02. The molecule has 0 aliphatic heterocycles. The van der Waals surface area contributed by atoms with Gasteiger partial charge in [0.1, 0.15) is 11.3 Å². The molecule has 164 valence electrons. The molecule has 2 aromatic carbocycles. The fourth-order valence-electron chi connectivity index (χ4n) is 3.95. The van der Waals surface area contributed by atoms with Gasteiger partial charge in [0.25, 0.3) is 0 Å². The second-order valence-electron chi connectivity index (χ2n) is 7.89. The number of nitrogens with one attached hydrogen (secondary N) is 1. The zero-order valence-corrected chi connectivity index (χ0v) is 19.2. The molecule has 1 N–H and O–H groups in total. The number of carbonyl (C=O) groups is 1. The molecule has 0 radical (unpaired) electrons. The maximum atomic E-state index is 12.4. The number of aryl methyl sites for hydroxylation is 3. The fraction of sp³-hybridized carbons (Fsp3) is 0.346. The van der Waals surface area contributed by atoms with Gasteiger partial charge in [0, 0.05) is 48.4 Å². The van der Waals surface area contributed by atoms with Crippen molar-refractivity contribution >= 4 is 22.4 Å². The molecule has 1 aromatic heterocycles. The molecule has 1 amide bonds. The van der Waals surface area contributed by atoms with Gasteiger partial charge in [0.2, 0.25) is 5.91 Å². The first kappa shape index (κ1) is 22.6. The summed E-state index contributed by atoms with van der Waals surface area (Å²) in [6, 6.07) is 8.47. The van der Waals surface area contributed by atoms with Crippen LogP contribution in [0.25, 0.3) is 27.7 Å². The Morgan fingerprint density at radius 1 is 1.13 bits per heavy atom. The van der Waals surface area contributed by atoms with Crippen LogP contribution >= 0.6 is 0 Å². The monoisotopic (exact) mass is 421 g/mol. The van der Waals surface area contributed by atoms with E-state index in [4.69, 9.17) is 13.9 Å². The van der Waals surface area contributed by atoms with E-state index in [0.717, 1.165) is 51.0 Å². The molecular formula is C26H31NO4. The molecule has 1 heterocycles. The number of ether oxygens (including phenoxy) is 2. The number of hydrogen-bond donors (Lipinski definition) is 1. The fourth-order valence-corrected chi connectivity index (χ4v) is 3.95. The van der Waals surface area contributed by atoms with Crippen molar-refractivity contribution in [3.63, 3.8) is 0 Å². The third-order valence-electron chi connectivity index (χ3n) is 5.52. The first-order valence-corrected chi connectivity index (χ1v) is 10.5. The molecule has 0 atom stereocenters. The van der Waals surface area contributed by atoms with Crippen LogP contribution in [0.5, 0.6) is 5.75 Å². The number of methoxy groups -OCH3 is 2. The van der Waals surface area contributed by atoms with Crippen molar-refractivity contribution in [1.29, 1.82) is 0 Å². The third kappa shape index (κ3) is 4.83. The Balaban J connectivity index is 2.05. The molecule has 5 nitrogen and oxygen atoms in total. The number of rotatable bonds is 8. The van der Waals surface area contributed by atoms with E-state index in [-0.39, 0.29) is 5.91 Å². The second kappa shape index (κ2) is 9.84. The summed E-state index contributed by atoms with van der Waals surface area (Å²) in [5.41, 5.74) is 8.02. The van der Waals surface area contributed by atoms with Crippen LogP contribution in [0.3, 0.4) is 0 Å². The van der Waals surface area contributed by atoms with Crippen LogP contribution < -0.4 is 10.1 Å². The summed E-state index contributed by atoms with van der Waals surface area (Å²) >= 11 is 0. The van der Waals surface area contributed by atoms with Gasteiger partial charge in [-0.1, -0.05) is 23.8 Å². The number of amides is 1. The highest BCUT2D eigenvalue weighted by atomic mass is 16.5. The van der Waals surface area contributed by atoms with E-state index in [1.807, 2.05) is 13.8 Å². The van der Waals surface area contributed by atoms with Crippen molar-refractivity contribution in [3.8, 4) is 16.9 Å². The minimum absolute atomic E-state index is 0.129. The average Bonchev–Trinajstić information content (AvgIpc) is 3.15. The predicted molar refractivity (Wildman–Crippen MR) is 126 cm³/mol. The van der Waals surface area contributed by atoms with Crippen LogP contribution in [0.4, 0.5) is 0 Å². The van der Waals surface area contributed by atoms with Crippen molar-refractivity contribution in [1.82, 2.24) is 5.32 Å². The third-order valence-corrected chi connectivity index (χ3v) is 5.52. The van der Waals surface area contributed by atoms with Crippen LogP contribution in [0.2, 0.25) is 0 Å². The zero-order valence-electron chi connectivity index (χ0n) is 19.2. The van der Waals surface area contributed by atoms with E-state index >= 15 is 0 Å². The zero-order chi connectivity index (χ0) is 22.5. The lowest BCUT2D eigenvalue weighted by atomic mass is 9.94. The van der Waals surface area contributed by atoms with Crippen LogP contribution in [0, 0.1) is 20.8 Å². The quantitative estimate of drug-likeness (QED) is 0.380. The summed E-state index contributed by atoms with van der Waals surface area (Å²) in [4.78, 5) is 12.4. The molecule has 0 unspecified atom stereocenters. The van der Waals surface area contributed by atoms with Crippen LogP contribution in [0.1, 0.15) is 35.6 Å². The van der Waals surface area contributed by atoms with E-state index in [2.05, 4.69) is 43.4 Å². The number of carbonyl (C=O) groups excluding carboxylic acids is 1. The van der Waals surface area contributed by atoms with Crippen molar-refractivity contribution in [2.75, 3.05) is 27.4 Å². The Labute approximate surface area is 184 Å². The largest absolute Gasteiger partial charge is 0.496 e. The standard InChI is InChI=1S/C26H31NO4/c1-16-8-9-20(17(2)12-16)23-15-31-26-19(4)25(30-6)21(14-22(23)26)18(3)13-24(28)27-10-7-11-29-5/h8-9,12-15H,7,10-11H2,1-6H3,(H,27,28)/b18-13+. The minimum atomic E-state index is -0.129. The second-order valence-corrected chi connectivity index (χ2v) is 7.89. The SMILES string of the molecule is COCCCNC(=O)/C=C(\C)c1cc2c(-c3ccc(C)cc3C)coc2c(C)c1OC. The maximum absolute atomic E-state index is 12.4. The number of fused-ring (bicyclic) bond motifs is 1. The summed E-state index contributed by atoms with van der Waals surface area (Å²) in [7, 11) is 3.29. The predicted octanol–water partition coefficient (Wildman–Crippen LogP) is 5.59. The first-order valence-electron chi connectivity index (χ1n) is 10.5. The molecule has 5 heteroatoms. The number of allylic oxidation sites excluding steroid dienone is 1. The van der Waals surface area contributed by atoms with Gasteiger partial charge >= 0.3 is 0 Å². The van der Waals surface area contributed by atoms with Crippen LogP contribution in [0.15, 0.2) is 41.0 Å². The number of hydrogen-bond acceptors (Lipinski definition) is 4. The Morgan fingerprint density at radius 2 is 1.90 bits per heavy atom. The minimum Gasteiger partial charge on any atom is -0.496 e. The highest BCUT2D eigenvalue weighted by Crippen LogP contribution is 2.41. The topological polar surface area (TPSA) is 60.7 Å². The Bertz CT molecular complexity index is 1120. The van der Waals surface area contributed by atoms with Crippen molar-refractivity contribution in [3.05, 3.63) is 58.9 Å². The molecule has 0 aliphatic rings. The van der Waals surface area contributed by atoms with E-state index in [1.54, 1.807) is 26.6 Å². The van der Waals surface area contributed by atoms with Gasteiger partial charge in [-0.15, -0.1) is 0 Å². The summed E-state index contributed by atoms with van der Waals surface area (Å²) < 4.78 is 16.7. The van der Waals surface area contributed by atoms with Gasteiger partial charge < -0.3 is 19.2 Å². The molecule has 3 aromatic rings. The van der Waals surface area contributed by atoms with E-state index < -0.39 is 0 Å². The highest BCUT2D eigenvalue weighted by Gasteiger charge is 2.19. The molecule has 0 aliphatic carbocycles. The van der Waals surface area contributed by atoms with Gasteiger partial charge in [-0.05, 0) is 56.9 Å². The van der Waals surface area contributed by atoms with E-state index in [1.165, 1.54) is 11.1 Å². The van der Waals surface area contributed by atoms with Crippen molar-refractivity contribution in [2.45, 2.75) is 34.1 Å².